The minimum atomic E-state index is 0.239. The van der Waals surface area contributed by atoms with E-state index in [0.717, 1.165) is 19.4 Å². The van der Waals surface area contributed by atoms with Crippen LogP contribution in [0.25, 0.3) is 0 Å². The van der Waals surface area contributed by atoms with Crippen molar-refractivity contribution in [1.82, 2.24) is 0 Å². The monoisotopic (exact) mass is 223 g/mol. The molecule has 1 rings (SSSR count). The van der Waals surface area contributed by atoms with E-state index in [1.807, 2.05) is 11.8 Å². The summed E-state index contributed by atoms with van der Waals surface area (Å²) in [5.74, 6) is 0. The van der Waals surface area contributed by atoms with Gasteiger partial charge in [-0.2, -0.15) is 0 Å². The second-order valence-electron chi connectivity index (χ2n) is 4.40. The number of hydrogen-bond donors (Lipinski definition) is 1. The Balaban J connectivity index is 2.64. The smallest absolute Gasteiger partial charge is 0.0162 e. The molecule has 0 fully saturated rings. The third-order valence-corrected chi connectivity index (χ3v) is 3.74. The largest absolute Gasteiger partial charge is 0.330 e. The van der Waals surface area contributed by atoms with E-state index in [0.29, 0.717) is 0 Å². The van der Waals surface area contributed by atoms with Gasteiger partial charge in [0.1, 0.15) is 0 Å². The Kier molecular flexibility index (Phi) is 4.68. The van der Waals surface area contributed by atoms with Crippen LogP contribution < -0.4 is 5.73 Å². The Bertz CT molecular complexity index is 290. The fraction of sp³-hybridized carbons (Fsp3) is 0.538. The average Bonchev–Trinajstić information content (AvgIpc) is 2.18. The van der Waals surface area contributed by atoms with Crippen molar-refractivity contribution in [2.45, 2.75) is 43.3 Å². The molecule has 0 saturated carbocycles. The average molecular weight is 223 g/mol. The van der Waals surface area contributed by atoms with Gasteiger partial charge in [-0.05, 0) is 37.1 Å². The zero-order valence-electron chi connectivity index (χ0n) is 9.92. The van der Waals surface area contributed by atoms with Crippen LogP contribution in [0.2, 0.25) is 0 Å². The number of nitrogens with two attached hydrogens (primary N) is 1. The summed E-state index contributed by atoms with van der Waals surface area (Å²) in [6, 6.07) is 8.84. The standard InChI is InChI=1S/C13H21NS/c1-4-11-5-7-12(8-6-11)15-13(2,3)9-10-14/h5-8H,4,9-10,14H2,1-3H3. The van der Waals surface area contributed by atoms with E-state index >= 15 is 0 Å². The third-order valence-electron chi connectivity index (χ3n) is 2.47. The van der Waals surface area contributed by atoms with Gasteiger partial charge < -0.3 is 5.73 Å². The van der Waals surface area contributed by atoms with Crippen LogP contribution >= 0.6 is 11.8 Å². The van der Waals surface area contributed by atoms with Gasteiger partial charge in [0, 0.05) is 9.64 Å². The second-order valence-corrected chi connectivity index (χ2v) is 6.18. The molecule has 84 valence electrons. The number of hydrogen-bond acceptors (Lipinski definition) is 2. The predicted molar refractivity (Wildman–Crippen MR) is 69.4 cm³/mol. The summed E-state index contributed by atoms with van der Waals surface area (Å²) in [4.78, 5) is 1.34. The Morgan fingerprint density at radius 2 is 1.80 bits per heavy atom. The number of thioether (sulfide) groups is 1. The van der Waals surface area contributed by atoms with E-state index < -0.39 is 0 Å². The van der Waals surface area contributed by atoms with Crippen molar-refractivity contribution >= 4 is 11.8 Å². The van der Waals surface area contributed by atoms with Crippen LogP contribution in [0.1, 0.15) is 32.8 Å². The van der Waals surface area contributed by atoms with Crippen LogP contribution in [-0.4, -0.2) is 11.3 Å². The molecule has 1 aromatic carbocycles. The summed E-state index contributed by atoms with van der Waals surface area (Å²) < 4.78 is 0.239. The van der Waals surface area contributed by atoms with Gasteiger partial charge >= 0.3 is 0 Å². The van der Waals surface area contributed by atoms with Crippen molar-refractivity contribution in [3.05, 3.63) is 29.8 Å². The minimum Gasteiger partial charge on any atom is -0.330 e. The van der Waals surface area contributed by atoms with Gasteiger partial charge in [-0.15, -0.1) is 11.8 Å². The fourth-order valence-corrected chi connectivity index (χ4v) is 2.64. The maximum Gasteiger partial charge on any atom is 0.0162 e. The number of aryl methyl sites for hydroxylation is 1. The lowest BCUT2D eigenvalue weighted by Crippen LogP contribution is -2.19. The number of rotatable bonds is 5. The lowest BCUT2D eigenvalue weighted by atomic mass is 10.1. The number of benzene rings is 1. The van der Waals surface area contributed by atoms with Gasteiger partial charge in [0.25, 0.3) is 0 Å². The van der Waals surface area contributed by atoms with E-state index in [-0.39, 0.29) is 4.75 Å². The summed E-state index contributed by atoms with van der Waals surface area (Å²) in [6.45, 7) is 7.43. The van der Waals surface area contributed by atoms with Crippen LogP contribution in [0, 0.1) is 0 Å². The summed E-state index contributed by atoms with van der Waals surface area (Å²) in [5, 5.41) is 0. The van der Waals surface area contributed by atoms with E-state index in [1.54, 1.807) is 0 Å². The molecule has 1 aromatic rings. The van der Waals surface area contributed by atoms with Gasteiger partial charge in [0.15, 0.2) is 0 Å². The minimum absolute atomic E-state index is 0.239. The van der Waals surface area contributed by atoms with Gasteiger partial charge in [0.05, 0.1) is 0 Å². The first-order chi connectivity index (χ1) is 7.07. The summed E-state index contributed by atoms with van der Waals surface area (Å²) in [5.41, 5.74) is 7.00. The first-order valence-electron chi connectivity index (χ1n) is 5.55. The molecule has 2 N–H and O–H groups in total. The Morgan fingerprint density at radius 3 is 2.27 bits per heavy atom. The first kappa shape index (κ1) is 12.6. The van der Waals surface area contributed by atoms with Crippen molar-refractivity contribution in [2.75, 3.05) is 6.54 Å². The van der Waals surface area contributed by atoms with Gasteiger partial charge in [-0.25, -0.2) is 0 Å². The maximum atomic E-state index is 5.60. The molecule has 15 heavy (non-hydrogen) atoms. The molecule has 2 heteroatoms. The third kappa shape index (κ3) is 4.27. The van der Waals surface area contributed by atoms with Crippen molar-refractivity contribution in [2.24, 2.45) is 5.73 Å². The molecule has 0 heterocycles. The van der Waals surface area contributed by atoms with E-state index in [4.69, 9.17) is 5.73 Å². The van der Waals surface area contributed by atoms with Crippen LogP contribution in [0.3, 0.4) is 0 Å². The SMILES string of the molecule is CCc1ccc(SC(C)(C)CCN)cc1. The van der Waals surface area contributed by atoms with Crippen molar-refractivity contribution in [3.8, 4) is 0 Å². The van der Waals surface area contributed by atoms with E-state index in [2.05, 4.69) is 45.0 Å². The molecule has 0 saturated heterocycles. The first-order valence-corrected chi connectivity index (χ1v) is 6.37. The molecule has 0 aliphatic heterocycles. The van der Waals surface area contributed by atoms with Gasteiger partial charge in [-0.3, -0.25) is 0 Å². The lowest BCUT2D eigenvalue weighted by molar-refractivity contribution is 0.649. The van der Waals surface area contributed by atoms with Crippen LogP contribution in [0.15, 0.2) is 29.2 Å². The molecule has 0 aromatic heterocycles. The van der Waals surface area contributed by atoms with Crippen LogP contribution in [0.4, 0.5) is 0 Å². The normalized spacial score (nSPS) is 11.7. The van der Waals surface area contributed by atoms with Crippen LogP contribution in [0.5, 0.6) is 0 Å². The van der Waals surface area contributed by atoms with E-state index in [9.17, 15) is 0 Å². The zero-order valence-corrected chi connectivity index (χ0v) is 10.7. The van der Waals surface area contributed by atoms with Gasteiger partial charge in [-0.1, -0.05) is 32.9 Å². The topological polar surface area (TPSA) is 26.0 Å². The molecular weight excluding hydrogens is 202 g/mol. The summed E-state index contributed by atoms with van der Waals surface area (Å²) in [7, 11) is 0. The second kappa shape index (κ2) is 5.57. The van der Waals surface area contributed by atoms with Gasteiger partial charge in [0.2, 0.25) is 0 Å². The predicted octanol–water partition coefficient (Wildman–Crippen LogP) is 3.47. The fourth-order valence-electron chi connectivity index (χ4n) is 1.51. The molecular formula is C13H21NS. The zero-order chi connectivity index (χ0) is 11.3. The molecule has 0 amide bonds. The quantitative estimate of drug-likeness (QED) is 0.774. The molecule has 0 bridgehead atoms. The highest BCUT2D eigenvalue weighted by Crippen LogP contribution is 2.34. The molecule has 0 atom stereocenters. The highest BCUT2D eigenvalue weighted by Gasteiger charge is 2.17. The Morgan fingerprint density at radius 1 is 1.20 bits per heavy atom. The highest BCUT2D eigenvalue weighted by molar-refractivity contribution is 8.00. The molecule has 0 unspecified atom stereocenters. The summed E-state index contributed by atoms with van der Waals surface area (Å²) in [6.07, 6.45) is 2.16. The molecule has 0 radical (unpaired) electrons. The summed E-state index contributed by atoms with van der Waals surface area (Å²) >= 11 is 1.91. The van der Waals surface area contributed by atoms with Crippen molar-refractivity contribution < 1.29 is 0 Å². The molecule has 0 aliphatic carbocycles. The Labute approximate surface area is 97.4 Å². The maximum absolute atomic E-state index is 5.60. The van der Waals surface area contributed by atoms with E-state index in [1.165, 1.54) is 10.5 Å². The lowest BCUT2D eigenvalue weighted by Gasteiger charge is -2.23. The molecule has 1 nitrogen and oxygen atoms in total. The highest BCUT2D eigenvalue weighted by atomic mass is 32.2. The van der Waals surface area contributed by atoms with Crippen molar-refractivity contribution in [3.63, 3.8) is 0 Å². The van der Waals surface area contributed by atoms with Crippen molar-refractivity contribution in [1.29, 1.82) is 0 Å². The molecule has 0 spiro atoms. The molecule has 0 aliphatic rings. The Hall–Kier alpha value is -0.470. The van der Waals surface area contributed by atoms with Crippen LogP contribution in [-0.2, 0) is 6.42 Å².